The average molecular weight is 396 g/mol. The highest BCUT2D eigenvalue weighted by molar-refractivity contribution is 5.93. The number of hydrogen-bond donors (Lipinski definition) is 3. The molecule has 8 heteroatoms. The van der Waals surface area contributed by atoms with Crippen LogP contribution in [0.15, 0.2) is 36.7 Å². The Bertz CT molecular complexity index is 835. The number of benzene rings is 1. The quantitative estimate of drug-likeness (QED) is 0.708. The molecule has 0 radical (unpaired) electrons. The lowest BCUT2D eigenvalue weighted by Crippen LogP contribution is -2.45. The lowest BCUT2D eigenvalue weighted by atomic mass is 9.80. The molecule has 0 spiro atoms. The highest BCUT2D eigenvalue weighted by Crippen LogP contribution is 2.33. The van der Waals surface area contributed by atoms with Crippen molar-refractivity contribution in [3.63, 3.8) is 0 Å². The summed E-state index contributed by atoms with van der Waals surface area (Å²) < 4.78 is 5.39. The number of likely N-dealkylation sites (tertiary alicyclic amines) is 1. The monoisotopic (exact) mass is 396 g/mol. The molecule has 1 aromatic carbocycles. The maximum absolute atomic E-state index is 12.8. The summed E-state index contributed by atoms with van der Waals surface area (Å²) in [5, 5.41) is 2.87. The Morgan fingerprint density at radius 3 is 2.69 bits per heavy atom. The number of nitrogens with zero attached hydrogens (tertiary/aromatic N) is 3. The van der Waals surface area contributed by atoms with Crippen molar-refractivity contribution in [1.29, 1.82) is 0 Å². The van der Waals surface area contributed by atoms with Crippen LogP contribution in [0, 0.1) is 5.92 Å². The van der Waals surface area contributed by atoms with Crippen molar-refractivity contribution in [3.05, 3.63) is 47.8 Å². The molecule has 3 heterocycles. The molecule has 2 unspecified atom stereocenters. The van der Waals surface area contributed by atoms with Crippen LogP contribution in [0.5, 0.6) is 5.75 Å². The summed E-state index contributed by atoms with van der Waals surface area (Å²) in [6.07, 6.45) is 5.13. The molecule has 154 valence electrons. The van der Waals surface area contributed by atoms with Crippen molar-refractivity contribution in [1.82, 2.24) is 25.7 Å². The maximum Gasteiger partial charge on any atom is 0.256 e. The summed E-state index contributed by atoms with van der Waals surface area (Å²) in [6.45, 7) is 2.40. The zero-order valence-corrected chi connectivity index (χ0v) is 16.9. The number of hydrogen-bond acceptors (Lipinski definition) is 7. The molecule has 1 amide bonds. The number of ether oxygens (including phenoxy) is 1. The zero-order valence-electron chi connectivity index (χ0n) is 16.9. The predicted octanol–water partition coefficient (Wildman–Crippen LogP) is 1.64. The first-order valence-electron chi connectivity index (χ1n) is 10.1. The fraction of sp³-hybridized carbons (Fsp3) is 0.476. The van der Waals surface area contributed by atoms with E-state index in [1.165, 1.54) is 5.56 Å². The van der Waals surface area contributed by atoms with E-state index in [0.29, 0.717) is 29.4 Å². The highest BCUT2D eigenvalue weighted by atomic mass is 16.5. The van der Waals surface area contributed by atoms with Gasteiger partial charge in [0.15, 0.2) is 0 Å². The molecule has 1 aromatic heterocycles. The molecule has 2 saturated heterocycles. The summed E-state index contributed by atoms with van der Waals surface area (Å²) >= 11 is 0. The molecule has 2 aromatic rings. The van der Waals surface area contributed by atoms with Crippen LogP contribution in [-0.2, 0) is 0 Å². The second-order valence-corrected chi connectivity index (χ2v) is 7.61. The van der Waals surface area contributed by atoms with E-state index < -0.39 is 0 Å². The van der Waals surface area contributed by atoms with Crippen molar-refractivity contribution >= 4 is 11.9 Å². The number of piperidine rings is 1. The summed E-state index contributed by atoms with van der Waals surface area (Å²) in [5.41, 5.74) is 8.64. The third-order valence-electron chi connectivity index (χ3n) is 6.00. The predicted molar refractivity (Wildman–Crippen MR) is 111 cm³/mol. The van der Waals surface area contributed by atoms with Crippen LogP contribution in [0.4, 0.5) is 5.95 Å². The third-order valence-corrected chi connectivity index (χ3v) is 6.00. The van der Waals surface area contributed by atoms with E-state index in [1.807, 2.05) is 17.0 Å². The Hall–Kier alpha value is -2.71. The Labute approximate surface area is 171 Å². The van der Waals surface area contributed by atoms with Gasteiger partial charge in [-0.05, 0) is 36.5 Å². The molecule has 29 heavy (non-hydrogen) atoms. The molecule has 2 fully saturated rings. The largest absolute Gasteiger partial charge is 0.497 e. The first-order chi connectivity index (χ1) is 14.2. The summed E-state index contributed by atoms with van der Waals surface area (Å²) in [6, 6.07) is 8.66. The number of nitrogens with one attached hydrogen (secondary N) is 3. The number of hydrazine groups is 1. The molecule has 2 atom stereocenters. The van der Waals surface area contributed by atoms with Gasteiger partial charge in [0.25, 0.3) is 5.91 Å². The molecule has 0 aliphatic carbocycles. The lowest BCUT2D eigenvalue weighted by molar-refractivity contribution is 0.0669. The molecule has 0 saturated carbocycles. The van der Waals surface area contributed by atoms with Crippen molar-refractivity contribution in [2.75, 3.05) is 39.1 Å². The van der Waals surface area contributed by atoms with E-state index in [0.717, 1.165) is 38.2 Å². The zero-order chi connectivity index (χ0) is 20.2. The van der Waals surface area contributed by atoms with E-state index in [9.17, 15) is 4.79 Å². The van der Waals surface area contributed by atoms with Gasteiger partial charge in [0.1, 0.15) is 5.75 Å². The number of carbonyl (C=O) groups excluding carboxylic acids is 1. The van der Waals surface area contributed by atoms with Crippen LogP contribution < -0.4 is 20.9 Å². The Morgan fingerprint density at radius 2 is 2.00 bits per heavy atom. The van der Waals surface area contributed by atoms with E-state index >= 15 is 0 Å². The second-order valence-electron chi connectivity index (χ2n) is 7.61. The fourth-order valence-electron chi connectivity index (χ4n) is 4.37. The van der Waals surface area contributed by atoms with E-state index in [2.05, 4.69) is 38.3 Å². The van der Waals surface area contributed by atoms with Crippen LogP contribution in [-0.4, -0.2) is 60.6 Å². The van der Waals surface area contributed by atoms with Crippen molar-refractivity contribution < 1.29 is 9.53 Å². The molecule has 3 N–H and O–H groups in total. The number of carbonyl (C=O) groups is 1. The van der Waals surface area contributed by atoms with Gasteiger partial charge in [0, 0.05) is 51.0 Å². The standard InChI is InChI=1S/C21H28N6O2/c1-22-21-23-11-16(12-24-21)20(28)27-8-6-14(7-9-27)19-18(13-25-26-19)15-4-3-5-17(10-15)29-2/h3-5,10-12,14,18-19,25-26H,6-9,13H2,1-2H3,(H,22,23,24). The van der Waals surface area contributed by atoms with Gasteiger partial charge in [-0.25, -0.2) is 9.97 Å². The van der Waals surface area contributed by atoms with Crippen LogP contribution in [0.25, 0.3) is 0 Å². The molecule has 4 rings (SSSR count). The van der Waals surface area contributed by atoms with Crippen molar-refractivity contribution in [2.45, 2.75) is 24.8 Å². The molecule has 0 bridgehead atoms. The van der Waals surface area contributed by atoms with Crippen LogP contribution in [0.2, 0.25) is 0 Å². The topological polar surface area (TPSA) is 91.4 Å². The first kappa shape index (κ1) is 19.6. The Kier molecular flexibility index (Phi) is 5.92. The van der Waals surface area contributed by atoms with Gasteiger partial charge in [0.2, 0.25) is 5.95 Å². The van der Waals surface area contributed by atoms with Gasteiger partial charge in [-0.1, -0.05) is 12.1 Å². The smallest absolute Gasteiger partial charge is 0.256 e. The third kappa shape index (κ3) is 4.18. The summed E-state index contributed by atoms with van der Waals surface area (Å²) in [7, 11) is 3.46. The Morgan fingerprint density at radius 1 is 1.24 bits per heavy atom. The summed E-state index contributed by atoms with van der Waals surface area (Å²) in [5.74, 6) is 2.31. The maximum atomic E-state index is 12.8. The second kappa shape index (κ2) is 8.75. The Balaban J connectivity index is 1.38. The lowest BCUT2D eigenvalue weighted by Gasteiger charge is -2.36. The van der Waals surface area contributed by atoms with Crippen molar-refractivity contribution in [2.24, 2.45) is 5.92 Å². The number of aromatic nitrogens is 2. The van der Waals surface area contributed by atoms with Gasteiger partial charge >= 0.3 is 0 Å². The SMILES string of the molecule is CNc1ncc(C(=O)N2CCC(C3NNCC3c3cccc(OC)c3)CC2)cn1. The van der Waals surface area contributed by atoms with Gasteiger partial charge in [0.05, 0.1) is 12.7 Å². The van der Waals surface area contributed by atoms with Crippen LogP contribution >= 0.6 is 0 Å². The van der Waals surface area contributed by atoms with Gasteiger partial charge in [-0.15, -0.1) is 0 Å². The minimum Gasteiger partial charge on any atom is -0.497 e. The van der Waals surface area contributed by atoms with Crippen LogP contribution in [0.1, 0.15) is 34.7 Å². The highest BCUT2D eigenvalue weighted by Gasteiger charge is 2.37. The molecule has 2 aliphatic heterocycles. The normalized spacial score (nSPS) is 22.5. The number of methoxy groups -OCH3 is 1. The minimum absolute atomic E-state index is 0.00737. The van der Waals surface area contributed by atoms with E-state index in [1.54, 1.807) is 26.6 Å². The molecular weight excluding hydrogens is 368 g/mol. The number of rotatable bonds is 5. The van der Waals surface area contributed by atoms with Gasteiger partial charge < -0.3 is 15.0 Å². The molecule has 2 aliphatic rings. The number of anilines is 1. The van der Waals surface area contributed by atoms with Crippen molar-refractivity contribution in [3.8, 4) is 5.75 Å². The van der Waals surface area contributed by atoms with Crippen LogP contribution in [0.3, 0.4) is 0 Å². The molecular formula is C21H28N6O2. The van der Waals surface area contributed by atoms with Gasteiger partial charge in [-0.3, -0.25) is 15.6 Å². The number of amides is 1. The first-order valence-corrected chi connectivity index (χ1v) is 10.1. The minimum atomic E-state index is 0.00737. The average Bonchev–Trinajstić information content (AvgIpc) is 3.29. The van der Waals surface area contributed by atoms with E-state index in [4.69, 9.17) is 4.74 Å². The van der Waals surface area contributed by atoms with E-state index in [-0.39, 0.29) is 5.91 Å². The summed E-state index contributed by atoms with van der Waals surface area (Å²) in [4.78, 5) is 23.0. The fourth-order valence-corrected chi connectivity index (χ4v) is 4.37. The molecule has 8 nitrogen and oxygen atoms in total. The van der Waals surface area contributed by atoms with Gasteiger partial charge in [-0.2, -0.15) is 0 Å².